The number of pyridine rings is 1. The monoisotopic (exact) mass is 329 g/mol. The first-order valence-electron chi connectivity index (χ1n) is 7.93. The van der Waals surface area contributed by atoms with Crippen molar-refractivity contribution in [1.82, 2.24) is 25.1 Å². The number of rotatable bonds is 6. The van der Waals surface area contributed by atoms with Gasteiger partial charge in [-0.3, -0.25) is 4.98 Å². The molecule has 5 nitrogen and oxygen atoms in total. The molecule has 1 saturated heterocycles. The van der Waals surface area contributed by atoms with E-state index >= 15 is 0 Å². The van der Waals surface area contributed by atoms with Crippen LogP contribution in [0.25, 0.3) is 0 Å². The zero-order valence-corrected chi connectivity index (χ0v) is 14.4. The van der Waals surface area contributed by atoms with Crippen molar-refractivity contribution in [1.29, 1.82) is 0 Å². The van der Waals surface area contributed by atoms with Gasteiger partial charge in [0.2, 0.25) is 0 Å². The molecule has 2 aromatic rings. The molecule has 0 radical (unpaired) electrons. The number of hydrogen-bond acceptors (Lipinski definition) is 3. The Hall–Kier alpha value is -1.92. The van der Waals surface area contributed by atoms with Gasteiger partial charge in [0.25, 0.3) is 0 Å². The summed E-state index contributed by atoms with van der Waals surface area (Å²) in [6.45, 7) is 1.97. The van der Waals surface area contributed by atoms with Crippen LogP contribution >= 0.6 is 12.2 Å². The van der Waals surface area contributed by atoms with E-state index in [-0.39, 0.29) is 12.1 Å². The second-order valence-corrected chi connectivity index (χ2v) is 6.49. The fourth-order valence-corrected chi connectivity index (χ4v) is 3.40. The fraction of sp³-hybridized carbons (Fsp3) is 0.412. The number of nitrogens with zero attached hydrogens (tertiary/aromatic N) is 3. The Balaban J connectivity index is 1.85. The SMILES string of the molecule is CN(C)CCCN1C(=S)N[C@H](c2ccccn2)[C@@H]1c1ccc[nH]1. The zero-order valence-electron chi connectivity index (χ0n) is 13.6. The quantitative estimate of drug-likeness (QED) is 0.797. The fourth-order valence-electron chi connectivity index (χ4n) is 3.07. The molecule has 0 amide bonds. The van der Waals surface area contributed by atoms with Crippen LogP contribution < -0.4 is 5.32 Å². The predicted octanol–water partition coefficient (Wildman–Crippen LogP) is 2.33. The molecule has 0 saturated carbocycles. The molecule has 1 aliphatic rings. The van der Waals surface area contributed by atoms with Gasteiger partial charge in [0, 0.05) is 24.6 Å². The third-order valence-corrected chi connectivity index (χ3v) is 4.50. The van der Waals surface area contributed by atoms with Crippen LogP contribution in [0.3, 0.4) is 0 Å². The molecule has 2 N–H and O–H groups in total. The largest absolute Gasteiger partial charge is 0.363 e. The van der Waals surface area contributed by atoms with E-state index in [1.807, 2.05) is 30.6 Å². The molecule has 3 heterocycles. The molecule has 0 aromatic carbocycles. The Bertz CT molecular complexity index is 626. The van der Waals surface area contributed by atoms with Crippen molar-refractivity contribution in [2.24, 2.45) is 0 Å². The number of nitrogens with one attached hydrogen (secondary N) is 2. The van der Waals surface area contributed by atoms with Gasteiger partial charge in [0.1, 0.15) is 0 Å². The molecule has 0 bridgehead atoms. The van der Waals surface area contributed by atoms with Gasteiger partial charge in [-0.25, -0.2) is 0 Å². The van der Waals surface area contributed by atoms with E-state index in [9.17, 15) is 0 Å². The minimum atomic E-state index is 0.0710. The Labute approximate surface area is 142 Å². The lowest BCUT2D eigenvalue weighted by atomic mass is 10.0. The average molecular weight is 329 g/mol. The molecule has 122 valence electrons. The molecule has 2 atom stereocenters. The number of thiocarbonyl (C=S) groups is 1. The molecule has 1 aliphatic heterocycles. The van der Waals surface area contributed by atoms with E-state index in [1.54, 1.807) is 0 Å². The average Bonchev–Trinajstić information content (AvgIpc) is 3.16. The maximum atomic E-state index is 5.61. The molecule has 6 heteroatoms. The molecule has 2 aromatic heterocycles. The van der Waals surface area contributed by atoms with E-state index in [1.165, 1.54) is 0 Å². The maximum absolute atomic E-state index is 5.61. The first-order chi connectivity index (χ1) is 11.2. The van der Waals surface area contributed by atoms with E-state index in [0.29, 0.717) is 0 Å². The van der Waals surface area contributed by atoms with E-state index in [2.05, 4.69) is 51.3 Å². The van der Waals surface area contributed by atoms with Gasteiger partial charge in [-0.1, -0.05) is 6.07 Å². The number of aromatic nitrogens is 2. The van der Waals surface area contributed by atoms with Crippen LogP contribution in [0, 0.1) is 0 Å². The highest BCUT2D eigenvalue weighted by atomic mass is 32.1. The van der Waals surface area contributed by atoms with E-state index in [4.69, 9.17) is 12.2 Å². The lowest BCUT2D eigenvalue weighted by Gasteiger charge is -2.27. The summed E-state index contributed by atoms with van der Waals surface area (Å²) >= 11 is 5.61. The normalized spacial score (nSPS) is 21.0. The topological polar surface area (TPSA) is 47.2 Å². The second kappa shape index (κ2) is 7.10. The Morgan fingerprint density at radius 3 is 2.78 bits per heavy atom. The summed E-state index contributed by atoms with van der Waals surface area (Å²) in [4.78, 5) is 12.4. The third-order valence-electron chi connectivity index (χ3n) is 4.14. The van der Waals surface area contributed by atoms with Crippen LogP contribution in [0.1, 0.15) is 29.9 Å². The van der Waals surface area contributed by atoms with Crippen molar-refractivity contribution in [3.05, 3.63) is 54.1 Å². The number of H-pyrrole nitrogens is 1. The zero-order chi connectivity index (χ0) is 16.2. The summed E-state index contributed by atoms with van der Waals surface area (Å²) in [5, 5.41) is 4.26. The minimum absolute atomic E-state index is 0.0710. The molecule has 3 rings (SSSR count). The third kappa shape index (κ3) is 3.54. The summed E-state index contributed by atoms with van der Waals surface area (Å²) in [5.41, 5.74) is 2.18. The van der Waals surface area contributed by atoms with Gasteiger partial charge < -0.3 is 20.1 Å². The highest BCUT2D eigenvalue weighted by Crippen LogP contribution is 2.37. The summed E-state index contributed by atoms with van der Waals surface area (Å²) < 4.78 is 0. The number of hydrogen-bond donors (Lipinski definition) is 2. The van der Waals surface area contributed by atoms with Crippen molar-refractivity contribution in [3.8, 4) is 0 Å². The summed E-state index contributed by atoms with van der Waals surface area (Å²) in [5.74, 6) is 0. The van der Waals surface area contributed by atoms with Crippen LogP contribution in [0.15, 0.2) is 42.7 Å². The Morgan fingerprint density at radius 2 is 2.13 bits per heavy atom. The summed E-state index contributed by atoms with van der Waals surface area (Å²) in [6.07, 6.45) is 4.87. The van der Waals surface area contributed by atoms with Crippen molar-refractivity contribution < 1.29 is 0 Å². The van der Waals surface area contributed by atoms with Crippen molar-refractivity contribution >= 4 is 17.3 Å². The lowest BCUT2D eigenvalue weighted by Crippen LogP contribution is -2.32. The predicted molar refractivity (Wildman–Crippen MR) is 96.1 cm³/mol. The van der Waals surface area contributed by atoms with Crippen LogP contribution in [0.5, 0.6) is 0 Å². The van der Waals surface area contributed by atoms with Gasteiger partial charge in [-0.05, 0) is 63.5 Å². The molecule has 0 unspecified atom stereocenters. The molecule has 23 heavy (non-hydrogen) atoms. The highest BCUT2D eigenvalue weighted by Gasteiger charge is 2.39. The number of aromatic amines is 1. The van der Waals surface area contributed by atoms with E-state index < -0.39 is 0 Å². The van der Waals surface area contributed by atoms with Gasteiger partial charge in [-0.2, -0.15) is 0 Å². The smallest absolute Gasteiger partial charge is 0.170 e. The first kappa shape index (κ1) is 16.0. The van der Waals surface area contributed by atoms with Crippen molar-refractivity contribution in [2.75, 3.05) is 27.2 Å². The molecular weight excluding hydrogens is 306 g/mol. The van der Waals surface area contributed by atoms with Gasteiger partial charge in [0.15, 0.2) is 5.11 Å². The van der Waals surface area contributed by atoms with Crippen LogP contribution in [-0.2, 0) is 0 Å². The first-order valence-corrected chi connectivity index (χ1v) is 8.33. The second-order valence-electron chi connectivity index (χ2n) is 6.10. The Kier molecular flexibility index (Phi) is 4.93. The van der Waals surface area contributed by atoms with Crippen LogP contribution in [0.2, 0.25) is 0 Å². The Morgan fingerprint density at radius 1 is 1.26 bits per heavy atom. The molecule has 1 fully saturated rings. The maximum Gasteiger partial charge on any atom is 0.170 e. The van der Waals surface area contributed by atoms with Gasteiger partial charge >= 0.3 is 0 Å². The minimum Gasteiger partial charge on any atom is -0.363 e. The highest BCUT2D eigenvalue weighted by molar-refractivity contribution is 7.80. The van der Waals surface area contributed by atoms with Crippen LogP contribution in [-0.4, -0.2) is 52.1 Å². The van der Waals surface area contributed by atoms with Crippen molar-refractivity contribution in [2.45, 2.75) is 18.5 Å². The van der Waals surface area contributed by atoms with Gasteiger partial charge in [0.05, 0.1) is 17.8 Å². The lowest BCUT2D eigenvalue weighted by molar-refractivity contribution is 0.289. The van der Waals surface area contributed by atoms with Crippen molar-refractivity contribution in [3.63, 3.8) is 0 Å². The standard InChI is InChI=1S/C17H23N5S/c1-21(2)11-6-12-22-16(14-8-5-10-19-14)15(20-17(22)23)13-7-3-4-9-18-13/h3-5,7-10,15-16,19H,6,11-12H2,1-2H3,(H,20,23)/t15-,16+/m1/s1. The molecule has 0 aliphatic carbocycles. The summed E-state index contributed by atoms with van der Waals surface area (Å²) in [7, 11) is 4.19. The molecule has 0 spiro atoms. The van der Waals surface area contributed by atoms with Gasteiger partial charge in [-0.15, -0.1) is 0 Å². The van der Waals surface area contributed by atoms with E-state index in [0.717, 1.165) is 36.0 Å². The molecular formula is C17H23N5S. The summed E-state index contributed by atoms with van der Waals surface area (Å²) in [6, 6.07) is 10.4. The van der Waals surface area contributed by atoms with Crippen LogP contribution in [0.4, 0.5) is 0 Å².